The maximum Gasteiger partial charge on any atom is 0.240 e. The van der Waals surface area contributed by atoms with Crippen molar-refractivity contribution in [1.29, 1.82) is 0 Å². The number of rotatable bonds is 5. The van der Waals surface area contributed by atoms with E-state index in [1.165, 1.54) is 42.5 Å². The Morgan fingerprint density at radius 2 is 1.59 bits per heavy atom. The predicted octanol–water partition coefficient (Wildman–Crippen LogP) is 1.47. The minimum atomic E-state index is -3.76. The quantitative estimate of drug-likeness (QED) is 0.841. The van der Waals surface area contributed by atoms with Gasteiger partial charge in [0, 0.05) is 11.6 Å². The van der Waals surface area contributed by atoms with Crippen molar-refractivity contribution in [2.45, 2.75) is 16.3 Å². The molecule has 0 bridgehead atoms. The Morgan fingerprint density at radius 1 is 0.955 bits per heavy atom. The molecule has 2 rings (SSSR count). The molecule has 0 saturated heterocycles. The van der Waals surface area contributed by atoms with E-state index in [0.29, 0.717) is 10.6 Å². The molecule has 0 aliphatic carbocycles. The van der Waals surface area contributed by atoms with Crippen molar-refractivity contribution < 1.29 is 16.8 Å². The molecule has 9 heteroatoms. The Bertz CT molecular complexity index is 879. The van der Waals surface area contributed by atoms with Crippen LogP contribution in [-0.2, 0) is 26.6 Å². The third-order valence-electron chi connectivity index (χ3n) is 2.82. The summed E-state index contributed by atoms with van der Waals surface area (Å²) in [5.41, 5.74) is 0.595. The fraction of sp³-hybridized carbons (Fsp3) is 0.0769. The van der Waals surface area contributed by atoms with E-state index < -0.39 is 20.0 Å². The van der Waals surface area contributed by atoms with Crippen molar-refractivity contribution in [3.63, 3.8) is 0 Å². The molecule has 0 heterocycles. The standard InChI is InChI=1S/C13H13ClN2O4S2/c14-11-2-1-3-13(8-11)22(19,20)16-9-10-4-6-12(7-5-10)21(15,17)18/h1-8,16H,9H2,(H2,15,17,18). The van der Waals surface area contributed by atoms with Gasteiger partial charge in [-0.3, -0.25) is 0 Å². The molecule has 0 fully saturated rings. The van der Waals surface area contributed by atoms with Gasteiger partial charge in [0.15, 0.2) is 0 Å². The molecule has 6 nitrogen and oxygen atoms in total. The van der Waals surface area contributed by atoms with Crippen LogP contribution in [0.1, 0.15) is 5.56 Å². The molecule has 0 saturated carbocycles. The summed E-state index contributed by atoms with van der Waals surface area (Å²) in [6.45, 7) is 0.0136. The summed E-state index contributed by atoms with van der Waals surface area (Å²) in [4.78, 5) is 0.0232. The Morgan fingerprint density at radius 3 is 2.14 bits per heavy atom. The van der Waals surface area contributed by atoms with E-state index in [9.17, 15) is 16.8 Å². The topological polar surface area (TPSA) is 106 Å². The number of sulfonamides is 2. The van der Waals surface area contributed by atoms with Crippen LogP contribution >= 0.6 is 11.6 Å². The van der Waals surface area contributed by atoms with Crippen LogP contribution in [-0.4, -0.2) is 16.8 Å². The molecule has 22 heavy (non-hydrogen) atoms. The van der Waals surface area contributed by atoms with E-state index in [2.05, 4.69) is 4.72 Å². The number of nitrogens with two attached hydrogens (primary N) is 1. The van der Waals surface area contributed by atoms with Crippen molar-refractivity contribution in [1.82, 2.24) is 4.72 Å². The normalized spacial score (nSPS) is 12.3. The molecule has 2 aromatic carbocycles. The van der Waals surface area contributed by atoms with Crippen LogP contribution < -0.4 is 9.86 Å². The zero-order valence-electron chi connectivity index (χ0n) is 11.2. The van der Waals surface area contributed by atoms with E-state index in [1.807, 2.05) is 0 Å². The Kier molecular flexibility index (Phi) is 4.88. The summed E-state index contributed by atoms with van der Waals surface area (Å²) in [5, 5.41) is 5.31. The lowest BCUT2D eigenvalue weighted by Crippen LogP contribution is -2.23. The van der Waals surface area contributed by atoms with Crippen LogP contribution in [0.25, 0.3) is 0 Å². The van der Waals surface area contributed by atoms with Gasteiger partial charge in [-0.2, -0.15) is 0 Å². The van der Waals surface area contributed by atoms with E-state index in [4.69, 9.17) is 16.7 Å². The van der Waals surface area contributed by atoms with Gasteiger partial charge in [0.05, 0.1) is 9.79 Å². The van der Waals surface area contributed by atoms with Gasteiger partial charge in [-0.1, -0.05) is 29.8 Å². The lowest BCUT2D eigenvalue weighted by atomic mass is 10.2. The SMILES string of the molecule is NS(=O)(=O)c1ccc(CNS(=O)(=O)c2cccc(Cl)c2)cc1. The third kappa shape index (κ3) is 4.28. The number of nitrogens with one attached hydrogen (secondary N) is 1. The van der Waals surface area contributed by atoms with E-state index >= 15 is 0 Å². The highest BCUT2D eigenvalue weighted by atomic mass is 35.5. The first-order valence-corrected chi connectivity index (χ1v) is 9.46. The van der Waals surface area contributed by atoms with Gasteiger partial charge >= 0.3 is 0 Å². The van der Waals surface area contributed by atoms with Gasteiger partial charge in [-0.15, -0.1) is 0 Å². The van der Waals surface area contributed by atoms with E-state index in [1.54, 1.807) is 6.07 Å². The van der Waals surface area contributed by atoms with E-state index in [-0.39, 0.29) is 16.3 Å². The van der Waals surface area contributed by atoms with Crippen LogP contribution in [0.2, 0.25) is 5.02 Å². The summed E-state index contributed by atoms with van der Waals surface area (Å²) in [7, 11) is -7.46. The monoisotopic (exact) mass is 360 g/mol. The first-order chi connectivity index (χ1) is 10.2. The Balaban J connectivity index is 2.12. The molecule has 0 aliphatic heterocycles. The predicted molar refractivity (Wildman–Crippen MR) is 83.3 cm³/mol. The van der Waals surface area contributed by atoms with Gasteiger partial charge in [-0.05, 0) is 35.9 Å². The number of primary sulfonamides is 1. The number of benzene rings is 2. The number of hydrogen-bond acceptors (Lipinski definition) is 4. The summed E-state index contributed by atoms with van der Waals surface area (Å²) < 4.78 is 48.9. The molecule has 0 unspecified atom stereocenters. The fourth-order valence-electron chi connectivity index (χ4n) is 1.69. The summed E-state index contributed by atoms with van der Waals surface area (Å²) in [5.74, 6) is 0. The third-order valence-corrected chi connectivity index (χ3v) is 5.39. The van der Waals surface area contributed by atoms with Crippen molar-refractivity contribution >= 4 is 31.6 Å². The molecule has 118 valence electrons. The van der Waals surface area contributed by atoms with Crippen molar-refractivity contribution in [2.24, 2.45) is 5.14 Å². The molecule has 2 aromatic rings. The van der Waals surface area contributed by atoms with Crippen LogP contribution in [0.3, 0.4) is 0 Å². The Hall–Kier alpha value is -1.45. The van der Waals surface area contributed by atoms with Crippen molar-refractivity contribution in [3.05, 3.63) is 59.1 Å². The first kappa shape index (κ1) is 16.9. The summed E-state index contributed by atoms with van der Waals surface area (Å²) in [6, 6.07) is 11.5. The second kappa shape index (κ2) is 6.35. The summed E-state index contributed by atoms with van der Waals surface area (Å²) in [6.07, 6.45) is 0. The number of halogens is 1. The molecule has 0 amide bonds. The fourth-order valence-corrected chi connectivity index (χ4v) is 3.53. The zero-order chi connectivity index (χ0) is 16.4. The van der Waals surface area contributed by atoms with Crippen LogP contribution in [0.5, 0.6) is 0 Å². The van der Waals surface area contributed by atoms with Crippen molar-refractivity contribution in [3.8, 4) is 0 Å². The molecule has 3 N–H and O–H groups in total. The minimum Gasteiger partial charge on any atom is -0.225 e. The van der Waals surface area contributed by atoms with Gasteiger partial charge in [0.2, 0.25) is 20.0 Å². The minimum absolute atomic E-state index is 0.0136. The van der Waals surface area contributed by atoms with Gasteiger partial charge < -0.3 is 0 Å². The highest BCUT2D eigenvalue weighted by molar-refractivity contribution is 7.89. The van der Waals surface area contributed by atoms with Crippen LogP contribution in [0.15, 0.2) is 58.3 Å². The van der Waals surface area contributed by atoms with Gasteiger partial charge in [0.1, 0.15) is 0 Å². The molecule has 0 spiro atoms. The molecule has 0 atom stereocenters. The largest absolute Gasteiger partial charge is 0.240 e. The van der Waals surface area contributed by atoms with Crippen LogP contribution in [0.4, 0.5) is 0 Å². The molecular weight excluding hydrogens is 348 g/mol. The lowest BCUT2D eigenvalue weighted by Gasteiger charge is -2.07. The molecule has 0 aliphatic rings. The first-order valence-electron chi connectivity index (χ1n) is 6.05. The summed E-state index contributed by atoms with van der Waals surface area (Å²) >= 11 is 5.77. The maximum atomic E-state index is 12.1. The van der Waals surface area contributed by atoms with E-state index in [0.717, 1.165) is 0 Å². The number of hydrogen-bond donors (Lipinski definition) is 2. The van der Waals surface area contributed by atoms with Gasteiger partial charge in [-0.25, -0.2) is 26.7 Å². The lowest BCUT2D eigenvalue weighted by molar-refractivity contribution is 0.581. The Labute approximate surface area is 134 Å². The van der Waals surface area contributed by atoms with Crippen molar-refractivity contribution in [2.75, 3.05) is 0 Å². The zero-order valence-corrected chi connectivity index (χ0v) is 13.6. The molecule has 0 aromatic heterocycles. The second-order valence-corrected chi connectivity index (χ2v) is 8.24. The highest BCUT2D eigenvalue weighted by Gasteiger charge is 2.14. The highest BCUT2D eigenvalue weighted by Crippen LogP contribution is 2.16. The molecule has 0 radical (unpaired) electrons. The van der Waals surface area contributed by atoms with Gasteiger partial charge in [0.25, 0.3) is 0 Å². The molecular formula is C13H13ClN2O4S2. The average Bonchev–Trinajstić information content (AvgIpc) is 2.45. The maximum absolute atomic E-state index is 12.1. The average molecular weight is 361 g/mol. The smallest absolute Gasteiger partial charge is 0.225 e. The van der Waals surface area contributed by atoms with Crippen LogP contribution in [0, 0.1) is 0 Å². The second-order valence-electron chi connectivity index (χ2n) is 4.47.